The number of aliphatic hydroxyl groups is 1. The molecule has 1 fully saturated rings. The first-order valence-electron chi connectivity index (χ1n) is 11.6. The Morgan fingerprint density at radius 1 is 1.26 bits per heavy atom. The van der Waals surface area contributed by atoms with E-state index < -0.39 is 0 Å². The zero-order valence-corrected chi connectivity index (χ0v) is 18.8. The standard InChI is InChI=1S/C25H34FN3O2/c1-16(2)22-12-18(17(3)11-19(22)14-29-10-6-7-20(29)15-30)13-24-27-28-25(31-24)21-8-4-5-9-23(21)26/h4-5,8-9,11,16,18-20,22,30H,6-7,10,12-15H2,1-3H3/t18-,19-,20-,22-/m0/s1. The average molecular weight is 428 g/mol. The summed E-state index contributed by atoms with van der Waals surface area (Å²) in [5, 5.41) is 18.0. The van der Waals surface area contributed by atoms with Crippen LogP contribution in [0, 0.1) is 29.5 Å². The van der Waals surface area contributed by atoms with Crippen molar-refractivity contribution >= 4 is 0 Å². The Morgan fingerprint density at radius 2 is 2.06 bits per heavy atom. The van der Waals surface area contributed by atoms with Crippen molar-refractivity contribution in [1.29, 1.82) is 0 Å². The second-order valence-corrected chi connectivity index (χ2v) is 9.57. The molecule has 0 bridgehead atoms. The number of hydrogen-bond acceptors (Lipinski definition) is 5. The molecule has 1 saturated heterocycles. The van der Waals surface area contributed by atoms with Crippen LogP contribution in [0.15, 0.2) is 40.3 Å². The molecule has 31 heavy (non-hydrogen) atoms. The van der Waals surface area contributed by atoms with Crippen molar-refractivity contribution in [2.45, 2.75) is 52.5 Å². The molecule has 1 aliphatic heterocycles. The molecule has 1 aromatic carbocycles. The van der Waals surface area contributed by atoms with Crippen molar-refractivity contribution < 1.29 is 13.9 Å². The Balaban J connectivity index is 1.48. The molecular weight excluding hydrogens is 393 g/mol. The zero-order chi connectivity index (χ0) is 22.0. The van der Waals surface area contributed by atoms with E-state index in [2.05, 4.69) is 41.9 Å². The minimum atomic E-state index is -0.350. The molecule has 4 atom stereocenters. The summed E-state index contributed by atoms with van der Waals surface area (Å²) in [6.45, 7) is 9.18. The van der Waals surface area contributed by atoms with Crippen LogP contribution in [0.5, 0.6) is 0 Å². The quantitative estimate of drug-likeness (QED) is 0.647. The molecule has 0 unspecified atom stereocenters. The number of hydrogen-bond donors (Lipinski definition) is 1. The van der Waals surface area contributed by atoms with Gasteiger partial charge in [0.05, 0.1) is 12.2 Å². The molecule has 5 nitrogen and oxygen atoms in total. The molecule has 2 aliphatic rings. The van der Waals surface area contributed by atoms with Gasteiger partial charge in [0.15, 0.2) is 0 Å². The predicted octanol–water partition coefficient (Wildman–Crippen LogP) is 4.73. The third kappa shape index (κ3) is 4.90. The highest BCUT2D eigenvalue weighted by molar-refractivity contribution is 5.53. The highest BCUT2D eigenvalue weighted by Gasteiger charge is 2.35. The number of allylic oxidation sites excluding steroid dienone is 1. The minimum Gasteiger partial charge on any atom is -0.421 e. The number of nitrogens with zero attached hydrogens (tertiary/aromatic N) is 3. The van der Waals surface area contributed by atoms with Crippen molar-refractivity contribution in [2.75, 3.05) is 19.7 Å². The molecule has 2 aromatic rings. The maximum atomic E-state index is 14.1. The van der Waals surface area contributed by atoms with Crippen LogP contribution in [0.4, 0.5) is 4.39 Å². The minimum absolute atomic E-state index is 0.243. The molecule has 4 rings (SSSR count). The summed E-state index contributed by atoms with van der Waals surface area (Å²) in [7, 11) is 0. The molecule has 0 amide bonds. The van der Waals surface area contributed by atoms with Crippen LogP contribution >= 0.6 is 0 Å². The van der Waals surface area contributed by atoms with Crippen LogP contribution in [-0.4, -0.2) is 45.9 Å². The first-order chi connectivity index (χ1) is 15.0. The Morgan fingerprint density at radius 3 is 2.81 bits per heavy atom. The molecule has 1 aromatic heterocycles. The topological polar surface area (TPSA) is 62.4 Å². The van der Waals surface area contributed by atoms with Crippen molar-refractivity contribution in [3.63, 3.8) is 0 Å². The Labute approximate surface area is 184 Å². The third-order valence-electron chi connectivity index (χ3n) is 7.23. The van der Waals surface area contributed by atoms with E-state index in [0.717, 1.165) is 25.9 Å². The van der Waals surface area contributed by atoms with Gasteiger partial charge in [-0.2, -0.15) is 0 Å². The fraction of sp³-hybridized carbons (Fsp3) is 0.600. The second kappa shape index (κ2) is 9.61. The lowest BCUT2D eigenvalue weighted by Crippen LogP contribution is -2.40. The molecule has 1 N–H and O–H groups in total. The summed E-state index contributed by atoms with van der Waals surface area (Å²) in [6, 6.07) is 6.80. The number of halogens is 1. The summed E-state index contributed by atoms with van der Waals surface area (Å²) in [4.78, 5) is 2.48. The van der Waals surface area contributed by atoms with Gasteiger partial charge >= 0.3 is 0 Å². The number of likely N-dealkylation sites (tertiary alicyclic amines) is 1. The number of rotatable bonds is 7. The van der Waals surface area contributed by atoms with Gasteiger partial charge in [-0.3, -0.25) is 4.90 Å². The summed E-state index contributed by atoms with van der Waals surface area (Å²) in [5.41, 5.74) is 1.72. The van der Waals surface area contributed by atoms with Gasteiger partial charge in [0.1, 0.15) is 5.82 Å². The number of benzene rings is 1. The first kappa shape index (κ1) is 22.2. The van der Waals surface area contributed by atoms with E-state index in [1.54, 1.807) is 18.2 Å². The largest absolute Gasteiger partial charge is 0.421 e. The second-order valence-electron chi connectivity index (χ2n) is 9.57. The summed E-state index contributed by atoms with van der Waals surface area (Å²) in [5.74, 6) is 2.46. The van der Waals surface area contributed by atoms with Crippen LogP contribution < -0.4 is 0 Å². The Kier molecular flexibility index (Phi) is 6.87. The molecule has 2 heterocycles. The highest BCUT2D eigenvalue weighted by Crippen LogP contribution is 2.40. The van der Waals surface area contributed by atoms with Crippen molar-refractivity contribution in [2.24, 2.45) is 23.7 Å². The van der Waals surface area contributed by atoms with Crippen molar-refractivity contribution in [3.8, 4) is 11.5 Å². The van der Waals surface area contributed by atoms with Crippen LogP contribution in [0.2, 0.25) is 0 Å². The van der Waals surface area contributed by atoms with Gasteiger partial charge in [-0.05, 0) is 68.5 Å². The van der Waals surface area contributed by atoms with E-state index in [0.29, 0.717) is 47.6 Å². The molecule has 0 radical (unpaired) electrons. The fourth-order valence-corrected chi connectivity index (χ4v) is 5.39. The van der Waals surface area contributed by atoms with E-state index in [-0.39, 0.29) is 18.3 Å². The van der Waals surface area contributed by atoms with E-state index in [9.17, 15) is 9.50 Å². The van der Waals surface area contributed by atoms with Gasteiger partial charge in [0.25, 0.3) is 5.89 Å². The van der Waals surface area contributed by atoms with Crippen LogP contribution in [0.1, 0.15) is 45.9 Å². The number of aliphatic hydroxyl groups excluding tert-OH is 1. The maximum Gasteiger partial charge on any atom is 0.250 e. The SMILES string of the molecule is CC1=C[C@@H](CN2CCC[C@H]2CO)[C@H](C(C)C)C[C@H]1Cc1nnc(-c2ccccc2F)o1. The van der Waals surface area contributed by atoms with Gasteiger partial charge in [-0.25, -0.2) is 4.39 Å². The Hall–Kier alpha value is -2.05. The normalized spacial score (nSPS) is 27.1. The maximum absolute atomic E-state index is 14.1. The van der Waals surface area contributed by atoms with Gasteiger partial charge in [-0.1, -0.05) is 37.6 Å². The van der Waals surface area contributed by atoms with Gasteiger partial charge < -0.3 is 9.52 Å². The molecule has 1 aliphatic carbocycles. The Bertz CT molecular complexity index is 910. The zero-order valence-electron chi connectivity index (χ0n) is 18.8. The van der Waals surface area contributed by atoms with Crippen LogP contribution in [-0.2, 0) is 6.42 Å². The molecule has 0 saturated carbocycles. The van der Waals surface area contributed by atoms with E-state index in [4.69, 9.17) is 4.42 Å². The highest BCUT2D eigenvalue weighted by atomic mass is 19.1. The monoisotopic (exact) mass is 427 g/mol. The lowest BCUT2D eigenvalue weighted by molar-refractivity contribution is 0.117. The predicted molar refractivity (Wildman–Crippen MR) is 119 cm³/mol. The smallest absolute Gasteiger partial charge is 0.250 e. The van der Waals surface area contributed by atoms with Gasteiger partial charge in [-0.15, -0.1) is 10.2 Å². The lowest BCUT2D eigenvalue weighted by atomic mass is 9.69. The summed E-state index contributed by atoms with van der Waals surface area (Å²) >= 11 is 0. The third-order valence-corrected chi connectivity index (χ3v) is 7.23. The first-order valence-corrected chi connectivity index (χ1v) is 11.6. The van der Waals surface area contributed by atoms with Crippen molar-refractivity contribution in [3.05, 3.63) is 47.6 Å². The van der Waals surface area contributed by atoms with Gasteiger partial charge in [0.2, 0.25) is 5.89 Å². The number of aromatic nitrogens is 2. The van der Waals surface area contributed by atoms with E-state index in [1.807, 2.05) is 0 Å². The summed E-state index contributed by atoms with van der Waals surface area (Å²) in [6.07, 6.45) is 6.49. The van der Waals surface area contributed by atoms with Crippen molar-refractivity contribution in [1.82, 2.24) is 15.1 Å². The van der Waals surface area contributed by atoms with E-state index >= 15 is 0 Å². The summed E-state index contributed by atoms with van der Waals surface area (Å²) < 4.78 is 19.9. The molecule has 6 heteroatoms. The van der Waals surface area contributed by atoms with E-state index in [1.165, 1.54) is 18.1 Å². The molecular formula is C25H34FN3O2. The molecule has 0 spiro atoms. The molecule has 168 valence electrons. The lowest BCUT2D eigenvalue weighted by Gasteiger charge is -2.39. The average Bonchev–Trinajstić information content (AvgIpc) is 3.39. The van der Waals surface area contributed by atoms with Crippen LogP contribution in [0.25, 0.3) is 11.5 Å². The van der Waals surface area contributed by atoms with Gasteiger partial charge in [0, 0.05) is 19.0 Å². The van der Waals surface area contributed by atoms with Crippen LogP contribution in [0.3, 0.4) is 0 Å². The fourth-order valence-electron chi connectivity index (χ4n) is 5.39.